The van der Waals surface area contributed by atoms with Gasteiger partial charge in [0.25, 0.3) is 0 Å². The molecule has 0 spiro atoms. The summed E-state index contributed by atoms with van der Waals surface area (Å²) in [6, 6.07) is 5.99. The average Bonchev–Trinajstić information content (AvgIpc) is 3.12. The summed E-state index contributed by atoms with van der Waals surface area (Å²) in [6.45, 7) is 1.10. The number of nitrogen functional groups attached to an aromatic ring is 1. The van der Waals surface area contributed by atoms with Crippen molar-refractivity contribution in [3.63, 3.8) is 0 Å². The number of nitrogens with zero attached hydrogens (tertiary/aromatic N) is 6. The van der Waals surface area contributed by atoms with E-state index in [0.29, 0.717) is 30.7 Å². The molecule has 1 aliphatic heterocycles. The van der Waals surface area contributed by atoms with E-state index in [1.807, 2.05) is 23.2 Å². The maximum Gasteiger partial charge on any atom is 0.225 e. The summed E-state index contributed by atoms with van der Waals surface area (Å²) in [6.07, 6.45) is 7.01. The van der Waals surface area contributed by atoms with Gasteiger partial charge in [-0.3, -0.25) is 4.79 Å². The third-order valence-corrected chi connectivity index (χ3v) is 5.83. The zero-order chi connectivity index (χ0) is 19.3. The van der Waals surface area contributed by atoms with E-state index < -0.39 is 0 Å². The minimum Gasteiger partial charge on any atom is -0.383 e. The van der Waals surface area contributed by atoms with Crippen LogP contribution in [0.3, 0.4) is 0 Å². The van der Waals surface area contributed by atoms with Crippen LogP contribution >= 0.6 is 0 Å². The number of anilines is 1. The highest BCUT2D eigenvalue weighted by molar-refractivity contribution is 5.83. The SMILES string of the molecule is N#Cc1c(N)nc2c(c1-c1ccn3ncnc3c1)CN(C(=O)C1CCC1)CC2. The number of nitrogens with two attached hydrogens (primary N) is 1. The number of amides is 1. The highest BCUT2D eigenvalue weighted by atomic mass is 16.2. The lowest BCUT2D eigenvalue weighted by Gasteiger charge is -2.35. The van der Waals surface area contributed by atoms with Gasteiger partial charge in [-0.2, -0.15) is 10.4 Å². The second kappa shape index (κ2) is 6.30. The first kappa shape index (κ1) is 16.7. The molecule has 3 aromatic heterocycles. The molecule has 28 heavy (non-hydrogen) atoms. The molecular formula is C20H19N7O. The number of fused-ring (bicyclic) bond motifs is 2. The number of aromatic nitrogens is 4. The quantitative estimate of drug-likeness (QED) is 0.734. The molecule has 3 aromatic rings. The summed E-state index contributed by atoms with van der Waals surface area (Å²) in [4.78, 5) is 23.4. The van der Waals surface area contributed by atoms with Crippen LogP contribution in [0.2, 0.25) is 0 Å². The Morgan fingerprint density at radius 3 is 2.96 bits per heavy atom. The first-order valence-electron chi connectivity index (χ1n) is 9.45. The number of hydrogen-bond acceptors (Lipinski definition) is 6. The van der Waals surface area contributed by atoms with E-state index in [0.717, 1.165) is 41.6 Å². The number of rotatable bonds is 2. The van der Waals surface area contributed by atoms with Gasteiger partial charge in [0.15, 0.2) is 5.65 Å². The Morgan fingerprint density at radius 2 is 2.21 bits per heavy atom. The largest absolute Gasteiger partial charge is 0.383 e. The lowest BCUT2D eigenvalue weighted by molar-refractivity contribution is -0.139. The molecule has 2 aliphatic rings. The van der Waals surface area contributed by atoms with Crippen LogP contribution in [0.5, 0.6) is 0 Å². The van der Waals surface area contributed by atoms with Gasteiger partial charge in [-0.15, -0.1) is 0 Å². The van der Waals surface area contributed by atoms with Gasteiger partial charge < -0.3 is 10.6 Å². The third-order valence-electron chi connectivity index (χ3n) is 5.83. The second-order valence-electron chi connectivity index (χ2n) is 7.40. The fourth-order valence-electron chi connectivity index (χ4n) is 4.08. The van der Waals surface area contributed by atoms with Gasteiger partial charge in [0, 0.05) is 42.8 Å². The monoisotopic (exact) mass is 373 g/mol. The summed E-state index contributed by atoms with van der Waals surface area (Å²) in [5.74, 6) is 0.594. The molecule has 0 aromatic carbocycles. The van der Waals surface area contributed by atoms with Crippen molar-refractivity contribution in [2.24, 2.45) is 5.92 Å². The molecule has 0 unspecified atom stereocenters. The fourth-order valence-corrected chi connectivity index (χ4v) is 4.08. The van der Waals surface area contributed by atoms with Crippen LogP contribution in [-0.4, -0.2) is 36.9 Å². The highest BCUT2D eigenvalue weighted by Gasteiger charge is 2.33. The van der Waals surface area contributed by atoms with Gasteiger partial charge in [-0.25, -0.2) is 14.5 Å². The first-order chi connectivity index (χ1) is 13.7. The van der Waals surface area contributed by atoms with Gasteiger partial charge in [-0.05, 0) is 30.5 Å². The first-order valence-corrected chi connectivity index (χ1v) is 9.45. The van der Waals surface area contributed by atoms with Crippen molar-refractivity contribution in [3.8, 4) is 17.2 Å². The van der Waals surface area contributed by atoms with Crippen molar-refractivity contribution in [1.82, 2.24) is 24.5 Å². The number of hydrogen-bond donors (Lipinski definition) is 1. The topological polar surface area (TPSA) is 113 Å². The summed E-state index contributed by atoms with van der Waals surface area (Å²) >= 11 is 0. The van der Waals surface area contributed by atoms with Crippen LogP contribution in [0.25, 0.3) is 16.8 Å². The molecule has 8 heteroatoms. The molecule has 4 heterocycles. The molecule has 1 saturated carbocycles. The van der Waals surface area contributed by atoms with Crippen LogP contribution in [0.15, 0.2) is 24.7 Å². The smallest absolute Gasteiger partial charge is 0.225 e. The van der Waals surface area contributed by atoms with Crippen molar-refractivity contribution < 1.29 is 4.79 Å². The van der Waals surface area contributed by atoms with E-state index in [1.165, 1.54) is 6.33 Å². The summed E-state index contributed by atoms with van der Waals surface area (Å²) in [5.41, 5.74) is 10.5. The Balaban J connectivity index is 1.64. The predicted molar refractivity (Wildman–Crippen MR) is 102 cm³/mol. The highest BCUT2D eigenvalue weighted by Crippen LogP contribution is 2.37. The van der Waals surface area contributed by atoms with E-state index in [1.54, 1.807) is 4.52 Å². The molecule has 0 atom stereocenters. The Hall–Kier alpha value is -3.47. The summed E-state index contributed by atoms with van der Waals surface area (Å²) in [7, 11) is 0. The molecular weight excluding hydrogens is 354 g/mol. The van der Waals surface area contributed by atoms with Crippen LogP contribution < -0.4 is 5.73 Å². The average molecular weight is 373 g/mol. The molecule has 1 fully saturated rings. The van der Waals surface area contributed by atoms with E-state index in [9.17, 15) is 10.1 Å². The normalized spacial score (nSPS) is 16.5. The second-order valence-corrected chi connectivity index (χ2v) is 7.40. The van der Waals surface area contributed by atoms with E-state index in [4.69, 9.17) is 5.73 Å². The number of carbonyl (C=O) groups excluding carboxylic acids is 1. The fraction of sp³-hybridized carbons (Fsp3) is 0.350. The van der Waals surface area contributed by atoms with E-state index in [-0.39, 0.29) is 17.6 Å². The standard InChI is InChI=1S/C20H19N7O/c21-9-14-18(13-4-7-27-17(8-13)23-11-24-27)15-10-26(20(28)12-2-1-3-12)6-5-16(15)25-19(14)22/h4,7-8,11-12H,1-3,5-6,10H2,(H2,22,25). The maximum absolute atomic E-state index is 12.8. The predicted octanol–water partition coefficient (Wildman–Crippen LogP) is 1.93. The van der Waals surface area contributed by atoms with Crippen LogP contribution in [0.4, 0.5) is 5.82 Å². The van der Waals surface area contributed by atoms with Crippen molar-refractivity contribution in [2.75, 3.05) is 12.3 Å². The molecule has 0 saturated heterocycles. The minimum absolute atomic E-state index is 0.148. The molecule has 0 bridgehead atoms. The van der Waals surface area contributed by atoms with Crippen molar-refractivity contribution in [3.05, 3.63) is 41.5 Å². The Labute approximate surface area is 161 Å². The Bertz CT molecular complexity index is 1140. The summed E-state index contributed by atoms with van der Waals surface area (Å²) in [5, 5.41) is 13.9. The van der Waals surface area contributed by atoms with Crippen LogP contribution in [0.1, 0.15) is 36.1 Å². The van der Waals surface area contributed by atoms with Crippen molar-refractivity contribution in [2.45, 2.75) is 32.2 Å². The van der Waals surface area contributed by atoms with E-state index >= 15 is 0 Å². The zero-order valence-electron chi connectivity index (χ0n) is 15.3. The number of nitriles is 1. The molecule has 140 valence electrons. The molecule has 1 amide bonds. The van der Waals surface area contributed by atoms with Crippen LogP contribution in [0, 0.1) is 17.2 Å². The van der Waals surface area contributed by atoms with Gasteiger partial charge >= 0.3 is 0 Å². The zero-order valence-corrected chi connectivity index (χ0v) is 15.3. The molecule has 8 nitrogen and oxygen atoms in total. The van der Waals surface area contributed by atoms with Gasteiger partial charge in [0.2, 0.25) is 5.91 Å². The van der Waals surface area contributed by atoms with Crippen molar-refractivity contribution in [1.29, 1.82) is 5.26 Å². The molecule has 2 N–H and O–H groups in total. The maximum atomic E-state index is 12.8. The number of pyridine rings is 2. The van der Waals surface area contributed by atoms with E-state index in [2.05, 4.69) is 21.1 Å². The third kappa shape index (κ3) is 2.51. The summed E-state index contributed by atoms with van der Waals surface area (Å²) < 4.78 is 1.67. The van der Waals surface area contributed by atoms with Crippen LogP contribution in [-0.2, 0) is 17.8 Å². The number of carbonyl (C=O) groups is 1. The van der Waals surface area contributed by atoms with Gasteiger partial charge in [0.05, 0.1) is 5.69 Å². The molecule has 0 radical (unpaired) electrons. The van der Waals surface area contributed by atoms with Crippen molar-refractivity contribution >= 4 is 17.4 Å². The Morgan fingerprint density at radius 1 is 1.36 bits per heavy atom. The Kier molecular flexibility index (Phi) is 3.76. The van der Waals surface area contributed by atoms with Gasteiger partial charge in [0.1, 0.15) is 23.8 Å². The lowest BCUT2D eigenvalue weighted by Crippen LogP contribution is -2.42. The molecule has 5 rings (SSSR count). The van der Waals surface area contributed by atoms with Gasteiger partial charge in [-0.1, -0.05) is 6.42 Å². The minimum atomic E-state index is 0.148. The molecule has 1 aliphatic carbocycles. The lowest BCUT2D eigenvalue weighted by atomic mass is 9.83.